The first-order chi connectivity index (χ1) is 10.2. The number of amides is 1. The molecule has 1 N–H and O–H groups in total. The quantitative estimate of drug-likeness (QED) is 0.639. The average molecular weight is 320 g/mol. The number of nitrogens with one attached hydrogen (secondary N) is 1. The Morgan fingerprint density at radius 3 is 2.81 bits per heavy atom. The van der Waals surface area contributed by atoms with Crippen molar-refractivity contribution in [1.29, 1.82) is 5.26 Å². The van der Waals surface area contributed by atoms with Crippen molar-refractivity contribution < 1.29 is 9.18 Å². The van der Waals surface area contributed by atoms with E-state index in [9.17, 15) is 9.18 Å². The second kappa shape index (κ2) is 7.81. The highest BCUT2D eigenvalue weighted by Gasteiger charge is 2.07. The number of benzene rings is 1. The molecule has 0 saturated carbocycles. The molecule has 0 aliphatic rings. The van der Waals surface area contributed by atoms with Crippen molar-refractivity contribution in [2.45, 2.75) is 17.7 Å². The maximum atomic E-state index is 12.7. The first-order valence-electron chi connectivity index (χ1n) is 6.35. The lowest BCUT2D eigenvalue weighted by Crippen LogP contribution is -2.11. The van der Waals surface area contributed by atoms with Crippen molar-refractivity contribution >= 4 is 34.0 Å². The van der Waals surface area contributed by atoms with Crippen LogP contribution in [0.3, 0.4) is 0 Å². The highest BCUT2D eigenvalue weighted by Crippen LogP contribution is 2.23. The smallest absolute Gasteiger partial charge is 0.225 e. The van der Waals surface area contributed by atoms with Crippen molar-refractivity contribution in [3.8, 4) is 6.07 Å². The number of hydrogen-bond acceptors (Lipinski definition) is 4. The van der Waals surface area contributed by atoms with E-state index in [-0.39, 0.29) is 11.7 Å². The molecule has 108 valence electrons. The van der Waals surface area contributed by atoms with Gasteiger partial charge in [-0.15, -0.1) is 23.1 Å². The monoisotopic (exact) mass is 320 g/mol. The fourth-order valence-electron chi connectivity index (χ4n) is 1.64. The van der Waals surface area contributed by atoms with Gasteiger partial charge in [0.2, 0.25) is 5.91 Å². The van der Waals surface area contributed by atoms with Crippen LogP contribution in [0, 0.1) is 17.1 Å². The van der Waals surface area contributed by atoms with Crippen LogP contribution in [0.2, 0.25) is 0 Å². The Kier molecular flexibility index (Phi) is 5.78. The van der Waals surface area contributed by atoms with E-state index in [1.165, 1.54) is 23.5 Å². The molecule has 1 heterocycles. The van der Waals surface area contributed by atoms with E-state index in [4.69, 9.17) is 5.26 Å². The van der Waals surface area contributed by atoms with Crippen molar-refractivity contribution in [3.05, 3.63) is 47.1 Å². The molecule has 0 aliphatic carbocycles. The van der Waals surface area contributed by atoms with E-state index in [2.05, 4.69) is 5.32 Å². The Balaban J connectivity index is 1.70. The van der Waals surface area contributed by atoms with E-state index in [1.54, 1.807) is 35.3 Å². The molecule has 2 aromatic rings. The number of rotatable bonds is 6. The zero-order valence-corrected chi connectivity index (χ0v) is 12.8. The second-order valence-corrected chi connectivity index (χ2v) is 6.31. The minimum absolute atomic E-state index is 0.0892. The van der Waals surface area contributed by atoms with Crippen LogP contribution in [0.15, 0.2) is 40.6 Å². The van der Waals surface area contributed by atoms with Crippen molar-refractivity contribution in [2.24, 2.45) is 0 Å². The van der Waals surface area contributed by atoms with Gasteiger partial charge in [-0.05, 0) is 47.9 Å². The molecule has 6 heteroatoms. The molecule has 0 bridgehead atoms. The molecular weight excluding hydrogens is 307 g/mol. The van der Waals surface area contributed by atoms with Crippen molar-refractivity contribution in [3.63, 3.8) is 0 Å². The molecule has 0 unspecified atom stereocenters. The summed E-state index contributed by atoms with van der Waals surface area (Å²) >= 11 is 2.94. The summed E-state index contributed by atoms with van der Waals surface area (Å²) in [7, 11) is 0. The number of thioether (sulfide) groups is 1. The van der Waals surface area contributed by atoms with Gasteiger partial charge in [0, 0.05) is 11.3 Å². The van der Waals surface area contributed by atoms with Gasteiger partial charge in [0.15, 0.2) is 0 Å². The van der Waals surface area contributed by atoms with Gasteiger partial charge in [0.25, 0.3) is 0 Å². The molecule has 0 saturated heterocycles. The van der Waals surface area contributed by atoms with Crippen LogP contribution in [0.5, 0.6) is 0 Å². The first kappa shape index (κ1) is 15.5. The minimum atomic E-state index is -0.247. The summed E-state index contributed by atoms with van der Waals surface area (Å²) in [5.74, 6) is 0.450. The third-order valence-electron chi connectivity index (χ3n) is 2.67. The third kappa shape index (κ3) is 4.88. The first-order valence-corrected chi connectivity index (χ1v) is 8.21. The largest absolute Gasteiger partial charge is 0.317 e. The number of nitrogens with zero attached hydrogens (tertiary/aromatic N) is 1. The maximum absolute atomic E-state index is 12.7. The van der Waals surface area contributed by atoms with Crippen LogP contribution in [0.25, 0.3) is 0 Å². The maximum Gasteiger partial charge on any atom is 0.225 e. The molecule has 0 radical (unpaired) electrons. The predicted octanol–water partition coefficient (Wildman–Crippen LogP) is 4.27. The summed E-state index contributed by atoms with van der Waals surface area (Å²) in [6.07, 6.45) is 1.12. The molecule has 3 nitrogen and oxygen atoms in total. The Morgan fingerprint density at radius 2 is 2.10 bits per heavy atom. The van der Waals surface area contributed by atoms with Gasteiger partial charge >= 0.3 is 0 Å². The van der Waals surface area contributed by atoms with E-state index in [0.717, 1.165) is 17.1 Å². The van der Waals surface area contributed by atoms with Crippen LogP contribution >= 0.6 is 23.1 Å². The lowest BCUT2D eigenvalue weighted by molar-refractivity contribution is -0.116. The molecular formula is C15H13FN2OS2. The number of anilines is 1. The minimum Gasteiger partial charge on any atom is -0.317 e. The number of nitriles is 1. The zero-order chi connectivity index (χ0) is 15.1. The summed E-state index contributed by atoms with van der Waals surface area (Å²) in [4.78, 5) is 12.7. The van der Waals surface area contributed by atoms with Gasteiger partial charge in [-0.2, -0.15) is 5.26 Å². The third-order valence-corrected chi connectivity index (χ3v) is 4.60. The Hall–Kier alpha value is -1.84. The van der Waals surface area contributed by atoms with E-state index in [0.29, 0.717) is 17.0 Å². The fraction of sp³-hybridized carbons (Fsp3) is 0.200. The summed E-state index contributed by atoms with van der Waals surface area (Å²) in [6, 6.07) is 10.0. The molecule has 0 aliphatic heterocycles. The number of halogens is 1. The standard InChI is InChI=1S/C15H13FN2OS2/c16-12-3-5-13(6-4-12)20-8-1-2-14(19)18-15-11(10-17)7-9-21-15/h3-7,9H,1-2,8H2,(H,18,19). The Bertz CT molecular complexity index is 646. The van der Waals surface area contributed by atoms with Gasteiger partial charge in [0.1, 0.15) is 16.9 Å². The van der Waals surface area contributed by atoms with Gasteiger partial charge in [-0.25, -0.2) is 4.39 Å². The molecule has 0 atom stereocenters. The number of thiophene rings is 1. The summed E-state index contributed by atoms with van der Waals surface area (Å²) in [5.41, 5.74) is 0.494. The van der Waals surface area contributed by atoms with E-state index in [1.807, 2.05) is 6.07 Å². The summed E-state index contributed by atoms with van der Waals surface area (Å²) in [5, 5.41) is 14.0. The molecule has 0 fully saturated rings. The second-order valence-electron chi connectivity index (χ2n) is 4.23. The molecule has 2 rings (SSSR count). The SMILES string of the molecule is N#Cc1ccsc1NC(=O)CCCSc1ccc(F)cc1. The lowest BCUT2D eigenvalue weighted by Gasteiger charge is -2.04. The van der Waals surface area contributed by atoms with E-state index < -0.39 is 0 Å². The van der Waals surface area contributed by atoms with Crippen LogP contribution in [-0.4, -0.2) is 11.7 Å². The van der Waals surface area contributed by atoms with Gasteiger partial charge < -0.3 is 5.32 Å². The van der Waals surface area contributed by atoms with Crippen LogP contribution in [0.4, 0.5) is 9.39 Å². The lowest BCUT2D eigenvalue weighted by atomic mass is 10.3. The highest BCUT2D eigenvalue weighted by molar-refractivity contribution is 7.99. The summed E-state index contributed by atoms with van der Waals surface area (Å²) in [6.45, 7) is 0. The van der Waals surface area contributed by atoms with Gasteiger partial charge in [-0.3, -0.25) is 4.79 Å². The number of hydrogen-bond donors (Lipinski definition) is 1. The molecule has 1 aromatic carbocycles. The molecule has 0 spiro atoms. The molecule has 21 heavy (non-hydrogen) atoms. The van der Waals surface area contributed by atoms with Crippen LogP contribution in [-0.2, 0) is 4.79 Å². The van der Waals surface area contributed by atoms with Crippen molar-refractivity contribution in [1.82, 2.24) is 0 Å². The van der Waals surface area contributed by atoms with Crippen LogP contribution in [0.1, 0.15) is 18.4 Å². The summed E-state index contributed by atoms with van der Waals surface area (Å²) < 4.78 is 12.7. The number of carbonyl (C=O) groups is 1. The van der Waals surface area contributed by atoms with Gasteiger partial charge in [0.05, 0.1) is 5.56 Å². The van der Waals surface area contributed by atoms with Crippen LogP contribution < -0.4 is 5.32 Å². The topological polar surface area (TPSA) is 52.9 Å². The zero-order valence-electron chi connectivity index (χ0n) is 11.1. The highest BCUT2D eigenvalue weighted by atomic mass is 32.2. The van der Waals surface area contributed by atoms with Crippen molar-refractivity contribution in [2.75, 3.05) is 11.1 Å². The average Bonchev–Trinajstić information content (AvgIpc) is 2.92. The number of carbonyl (C=O) groups excluding carboxylic acids is 1. The molecule has 1 aromatic heterocycles. The Labute approximate surface area is 130 Å². The normalized spacial score (nSPS) is 10.1. The Morgan fingerprint density at radius 1 is 1.33 bits per heavy atom. The van der Waals surface area contributed by atoms with Gasteiger partial charge in [-0.1, -0.05) is 0 Å². The predicted molar refractivity (Wildman–Crippen MR) is 84.0 cm³/mol. The molecule has 1 amide bonds. The van der Waals surface area contributed by atoms with E-state index >= 15 is 0 Å². The fourth-order valence-corrected chi connectivity index (χ4v) is 3.24.